The van der Waals surface area contributed by atoms with Crippen molar-refractivity contribution in [3.63, 3.8) is 0 Å². The molecule has 136 valence electrons. The van der Waals surface area contributed by atoms with Crippen LogP contribution in [0.2, 0.25) is 0 Å². The van der Waals surface area contributed by atoms with E-state index >= 15 is 0 Å². The number of carboxylic acids is 1. The summed E-state index contributed by atoms with van der Waals surface area (Å²) in [6, 6.07) is -1.51. The van der Waals surface area contributed by atoms with Crippen LogP contribution in [0.3, 0.4) is 0 Å². The van der Waals surface area contributed by atoms with Gasteiger partial charge in [-0.25, -0.2) is 14.6 Å². The Hall–Kier alpha value is -1.67. The van der Waals surface area contributed by atoms with Crippen LogP contribution in [-0.2, 0) is 16.1 Å². The van der Waals surface area contributed by atoms with Gasteiger partial charge in [-0.2, -0.15) is 0 Å². The van der Waals surface area contributed by atoms with Crippen LogP contribution >= 0.6 is 11.3 Å². The van der Waals surface area contributed by atoms with Gasteiger partial charge in [0.25, 0.3) is 0 Å². The molecule has 0 aromatic carbocycles. The van der Waals surface area contributed by atoms with Gasteiger partial charge in [0.2, 0.25) is 0 Å². The third-order valence-corrected chi connectivity index (χ3v) is 4.53. The molecule has 2 amide bonds. The molecule has 0 spiro atoms. The van der Waals surface area contributed by atoms with Crippen LogP contribution in [0.25, 0.3) is 0 Å². The molecule has 1 aromatic rings. The minimum absolute atomic E-state index is 0.0386. The molecule has 2 N–H and O–H groups in total. The lowest BCUT2D eigenvalue weighted by Crippen LogP contribution is -2.48. The molecule has 1 heterocycles. The smallest absolute Gasteiger partial charge is 0.328 e. The summed E-state index contributed by atoms with van der Waals surface area (Å²) in [5.74, 6) is -0.761. The SMILES string of the molecule is CCCCOC[C@H](NC(=O)N(C)Cc1csc(C(C)C)n1)C(=O)O. The first-order chi connectivity index (χ1) is 11.3. The number of rotatable bonds is 10. The molecule has 0 unspecified atom stereocenters. The zero-order chi connectivity index (χ0) is 18.1. The van der Waals surface area contributed by atoms with Crippen LogP contribution < -0.4 is 5.32 Å². The highest BCUT2D eigenvalue weighted by molar-refractivity contribution is 7.09. The molecule has 0 aliphatic carbocycles. The van der Waals surface area contributed by atoms with Gasteiger partial charge in [-0.1, -0.05) is 27.2 Å². The Labute approximate surface area is 147 Å². The Morgan fingerprint density at radius 2 is 2.17 bits per heavy atom. The lowest BCUT2D eigenvalue weighted by Gasteiger charge is -2.20. The van der Waals surface area contributed by atoms with Gasteiger partial charge in [-0.15, -0.1) is 11.3 Å². The summed E-state index contributed by atoms with van der Waals surface area (Å²) in [5, 5.41) is 14.6. The first-order valence-electron chi connectivity index (χ1n) is 8.11. The van der Waals surface area contributed by atoms with Crippen molar-refractivity contribution in [3.8, 4) is 0 Å². The molecule has 7 nitrogen and oxygen atoms in total. The van der Waals surface area contributed by atoms with Crippen LogP contribution in [0.1, 0.15) is 50.2 Å². The average molecular weight is 357 g/mol. The third kappa shape index (κ3) is 6.84. The van der Waals surface area contributed by atoms with E-state index in [4.69, 9.17) is 4.74 Å². The lowest BCUT2D eigenvalue weighted by molar-refractivity contribution is -0.140. The number of carbonyl (C=O) groups excluding carboxylic acids is 1. The van der Waals surface area contributed by atoms with E-state index in [1.807, 2.05) is 12.3 Å². The molecule has 1 aromatic heterocycles. The van der Waals surface area contributed by atoms with Gasteiger partial charge in [-0.3, -0.25) is 0 Å². The van der Waals surface area contributed by atoms with Crippen molar-refractivity contribution in [1.82, 2.24) is 15.2 Å². The van der Waals surface area contributed by atoms with Crippen molar-refractivity contribution in [3.05, 3.63) is 16.1 Å². The van der Waals surface area contributed by atoms with Gasteiger partial charge < -0.3 is 20.1 Å². The van der Waals surface area contributed by atoms with Gasteiger partial charge >= 0.3 is 12.0 Å². The number of ether oxygens (including phenoxy) is 1. The number of hydrogen-bond acceptors (Lipinski definition) is 5. The van der Waals surface area contributed by atoms with Crippen LogP contribution in [-0.4, -0.2) is 53.3 Å². The highest BCUT2D eigenvalue weighted by Crippen LogP contribution is 2.19. The quantitative estimate of drug-likeness (QED) is 0.628. The molecule has 0 radical (unpaired) electrons. The van der Waals surface area contributed by atoms with Crippen LogP contribution in [0.5, 0.6) is 0 Å². The number of nitrogens with one attached hydrogen (secondary N) is 1. The minimum Gasteiger partial charge on any atom is -0.480 e. The van der Waals surface area contributed by atoms with Gasteiger partial charge in [0.15, 0.2) is 6.04 Å². The van der Waals surface area contributed by atoms with E-state index in [2.05, 4.69) is 24.1 Å². The molecule has 0 fully saturated rings. The fourth-order valence-electron chi connectivity index (χ4n) is 1.86. The molecule has 0 saturated carbocycles. The number of aliphatic carboxylic acids is 1. The zero-order valence-electron chi connectivity index (χ0n) is 14.7. The highest BCUT2D eigenvalue weighted by Gasteiger charge is 2.22. The molecule has 0 saturated heterocycles. The molecule has 24 heavy (non-hydrogen) atoms. The Morgan fingerprint density at radius 3 is 2.71 bits per heavy atom. The number of carbonyl (C=O) groups is 2. The first-order valence-corrected chi connectivity index (χ1v) is 8.99. The summed E-state index contributed by atoms with van der Waals surface area (Å²) >= 11 is 1.56. The fourth-order valence-corrected chi connectivity index (χ4v) is 2.68. The predicted octanol–water partition coefficient (Wildman–Crippen LogP) is 2.68. The van der Waals surface area contributed by atoms with Crippen molar-refractivity contribution in [2.24, 2.45) is 0 Å². The maximum Gasteiger partial charge on any atom is 0.328 e. The standard InChI is InChI=1S/C16H27N3O4S/c1-5-6-7-23-9-13(15(20)21)18-16(22)19(4)8-12-10-24-14(17-12)11(2)3/h10-11,13H,5-9H2,1-4H3,(H,18,22)(H,20,21)/t13-/m0/s1. The molecule has 1 rings (SSSR count). The van der Waals surface area contributed by atoms with Crippen molar-refractivity contribution in [2.75, 3.05) is 20.3 Å². The minimum atomic E-state index is -1.11. The lowest BCUT2D eigenvalue weighted by atomic mass is 10.2. The second kappa shape index (κ2) is 10.2. The van der Waals surface area contributed by atoms with Crippen LogP contribution in [0.15, 0.2) is 5.38 Å². The summed E-state index contributed by atoms with van der Waals surface area (Å²) in [5.41, 5.74) is 0.799. The Morgan fingerprint density at radius 1 is 1.46 bits per heavy atom. The monoisotopic (exact) mass is 357 g/mol. The number of thiazole rings is 1. The van der Waals surface area contributed by atoms with Crippen molar-refractivity contribution in [2.45, 2.75) is 52.1 Å². The average Bonchev–Trinajstić information content (AvgIpc) is 2.98. The maximum absolute atomic E-state index is 12.2. The topological polar surface area (TPSA) is 91.8 Å². The van der Waals surface area contributed by atoms with E-state index in [9.17, 15) is 14.7 Å². The number of urea groups is 1. The van der Waals surface area contributed by atoms with Gasteiger partial charge in [-0.05, 0) is 6.42 Å². The van der Waals surface area contributed by atoms with Crippen molar-refractivity contribution < 1.29 is 19.4 Å². The van der Waals surface area contributed by atoms with Gasteiger partial charge in [0, 0.05) is 25.0 Å². The summed E-state index contributed by atoms with van der Waals surface area (Å²) in [4.78, 5) is 29.3. The summed E-state index contributed by atoms with van der Waals surface area (Å²) in [7, 11) is 1.61. The van der Waals surface area contributed by atoms with Crippen molar-refractivity contribution in [1.29, 1.82) is 0 Å². The number of hydrogen-bond donors (Lipinski definition) is 2. The fraction of sp³-hybridized carbons (Fsp3) is 0.688. The first kappa shape index (κ1) is 20.4. The molecule has 0 bridgehead atoms. The molecule has 1 atom stereocenters. The molecular weight excluding hydrogens is 330 g/mol. The van der Waals surface area contributed by atoms with Crippen LogP contribution in [0, 0.1) is 0 Å². The Kier molecular flexibility index (Phi) is 8.70. The van der Waals surface area contributed by atoms with E-state index in [1.165, 1.54) is 4.90 Å². The number of carboxylic acid groups (broad SMARTS) is 1. The van der Waals surface area contributed by atoms with E-state index in [-0.39, 0.29) is 6.61 Å². The summed E-state index contributed by atoms with van der Waals surface area (Å²) in [6.07, 6.45) is 1.83. The van der Waals surface area contributed by atoms with Gasteiger partial charge in [0.05, 0.1) is 23.9 Å². The largest absolute Gasteiger partial charge is 0.480 e. The van der Waals surface area contributed by atoms with Gasteiger partial charge in [0.1, 0.15) is 0 Å². The Balaban J connectivity index is 2.51. The summed E-state index contributed by atoms with van der Waals surface area (Å²) in [6.45, 7) is 6.94. The second-order valence-electron chi connectivity index (χ2n) is 5.96. The molecule has 8 heteroatoms. The molecular formula is C16H27N3O4S. The number of nitrogens with zero attached hydrogens (tertiary/aromatic N) is 2. The Bertz CT molecular complexity index is 533. The van der Waals surface area contributed by atoms with E-state index < -0.39 is 18.0 Å². The third-order valence-electron chi connectivity index (χ3n) is 3.33. The number of aromatic nitrogens is 1. The number of unbranched alkanes of at least 4 members (excludes halogenated alkanes) is 1. The molecule has 0 aliphatic heterocycles. The normalized spacial score (nSPS) is 12.2. The van der Waals surface area contributed by atoms with Crippen molar-refractivity contribution >= 4 is 23.3 Å². The highest BCUT2D eigenvalue weighted by atomic mass is 32.1. The predicted molar refractivity (Wildman–Crippen MR) is 93.4 cm³/mol. The van der Waals surface area contributed by atoms with Crippen LogP contribution in [0.4, 0.5) is 4.79 Å². The van der Waals surface area contributed by atoms with E-state index in [0.717, 1.165) is 23.5 Å². The second-order valence-corrected chi connectivity index (χ2v) is 6.85. The zero-order valence-corrected chi connectivity index (χ0v) is 15.6. The van der Waals surface area contributed by atoms with E-state index in [0.29, 0.717) is 19.1 Å². The van der Waals surface area contributed by atoms with E-state index in [1.54, 1.807) is 18.4 Å². The maximum atomic E-state index is 12.2. The number of amides is 2. The summed E-state index contributed by atoms with van der Waals surface area (Å²) < 4.78 is 5.30. The molecule has 0 aliphatic rings.